The van der Waals surface area contributed by atoms with E-state index in [1.54, 1.807) is 48.5 Å². The van der Waals surface area contributed by atoms with E-state index in [0.29, 0.717) is 27.7 Å². The molecule has 3 amide bonds. The minimum atomic E-state index is -0.482. The van der Waals surface area contributed by atoms with E-state index in [4.69, 9.17) is 4.74 Å². The summed E-state index contributed by atoms with van der Waals surface area (Å²) in [7, 11) is 1.35. The number of carbonyl (C=O) groups is 4. The lowest BCUT2D eigenvalue weighted by molar-refractivity contribution is -0.114. The van der Waals surface area contributed by atoms with Gasteiger partial charge in [-0.2, -0.15) is 0 Å². The van der Waals surface area contributed by atoms with Crippen molar-refractivity contribution in [2.75, 3.05) is 23.5 Å². The zero-order valence-electron chi connectivity index (χ0n) is 26.6. The predicted molar refractivity (Wildman–Crippen MR) is 197 cm³/mol. The molecule has 2 heterocycles. The molecular weight excluding hydrogens is 675 g/mol. The number of nitrogens with one attached hydrogen (secondary N) is 3. The lowest BCUT2D eigenvalue weighted by Crippen LogP contribution is -2.30. The van der Waals surface area contributed by atoms with Crippen molar-refractivity contribution in [2.24, 2.45) is 0 Å². The Bertz CT molecular complexity index is 1990. The van der Waals surface area contributed by atoms with Gasteiger partial charge in [0.1, 0.15) is 10.7 Å². The van der Waals surface area contributed by atoms with E-state index in [1.165, 1.54) is 47.1 Å². The summed E-state index contributed by atoms with van der Waals surface area (Å²) in [5.41, 5.74) is 3.72. The lowest BCUT2D eigenvalue weighted by atomic mass is 9.83. The molecule has 6 rings (SSSR count). The Kier molecular flexibility index (Phi) is 11.0. The van der Waals surface area contributed by atoms with Crippen LogP contribution in [-0.2, 0) is 27.2 Å². The van der Waals surface area contributed by atoms with Gasteiger partial charge in [-0.15, -0.1) is 34.4 Å². The van der Waals surface area contributed by atoms with Crippen LogP contribution in [0.1, 0.15) is 53.9 Å². The van der Waals surface area contributed by atoms with Gasteiger partial charge in [-0.3, -0.25) is 14.4 Å². The molecule has 3 aromatic carbocycles. The summed E-state index contributed by atoms with van der Waals surface area (Å²) < 4.78 is 5.11. The second-order valence-electron chi connectivity index (χ2n) is 11.3. The number of rotatable bonds is 11. The van der Waals surface area contributed by atoms with Gasteiger partial charge in [0.15, 0.2) is 0 Å². The number of methoxy groups -OCH3 is 1. The van der Waals surface area contributed by atoms with Crippen LogP contribution in [0.15, 0.2) is 113 Å². The fraction of sp³-hybridized carbons (Fsp3) is 0.158. The number of hydrogen-bond donors (Lipinski definition) is 3. The first-order valence-corrected chi connectivity index (χ1v) is 18.3. The first-order valence-electron chi connectivity index (χ1n) is 15.6. The Morgan fingerprint density at radius 2 is 1.69 bits per heavy atom. The molecule has 11 heteroatoms. The van der Waals surface area contributed by atoms with Crippen LogP contribution in [-0.4, -0.2) is 36.6 Å². The Morgan fingerprint density at radius 1 is 0.918 bits per heavy atom. The molecule has 49 heavy (non-hydrogen) atoms. The second-order valence-corrected chi connectivity index (χ2v) is 14.4. The molecule has 248 valence electrons. The van der Waals surface area contributed by atoms with Crippen molar-refractivity contribution in [2.45, 2.75) is 30.1 Å². The molecule has 0 saturated carbocycles. The Balaban J connectivity index is 1.11. The van der Waals surface area contributed by atoms with Gasteiger partial charge in [0, 0.05) is 25.9 Å². The Morgan fingerprint density at radius 3 is 2.43 bits per heavy atom. The van der Waals surface area contributed by atoms with Crippen LogP contribution in [0, 0.1) is 0 Å². The minimum absolute atomic E-state index is 0.0872. The first-order chi connectivity index (χ1) is 23.9. The number of amides is 3. The number of anilines is 2. The van der Waals surface area contributed by atoms with Gasteiger partial charge >= 0.3 is 5.97 Å². The van der Waals surface area contributed by atoms with E-state index in [2.05, 4.69) is 28.1 Å². The van der Waals surface area contributed by atoms with E-state index < -0.39 is 17.8 Å². The summed E-state index contributed by atoms with van der Waals surface area (Å²) in [6.07, 6.45) is 4.09. The lowest BCUT2D eigenvalue weighted by Gasteiger charge is -2.22. The van der Waals surface area contributed by atoms with Crippen LogP contribution in [0.5, 0.6) is 0 Å². The van der Waals surface area contributed by atoms with Gasteiger partial charge in [0.25, 0.3) is 11.8 Å². The van der Waals surface area contributed by atoms with Crippen molar-refractivity contribution in [3.8, 4) is 0 Å². The topological polar surface area (TPSA) is 114 Å². The molecule has 0 bridgehead atoms. The van der Waals surface area contributed by atoms with E-state index >= 15 is 0 Å². The average Bonchev–Trinajstić information content (AvgIpc) is 3.78. The number of carbonyl (C=O) groups excluding carboxylic acids is 4. The van der Waals surface area contributed by atoms with Crippen molar-refractivity contribution in [3.63, 3.8) is 0 Å². The molecule has 1 aliphatic rings. The third-order valence-electron chi connectivity index (χ3n) is 8.00. The first kappa shape index (κ1) is 33.9. The maximum atomic E-state index is 13.4. The van der Waals surface area contributed by atoms with E-state index in [0.717, 1.165) is 39.5 Å². The summed E-state index contributed by atoms with van der Waals surface area (Å²) >= 11 is 4.20. The van der Waals surface area contributed by atoms with Crippen LogP contribution in [0.25, 0.3) is 6.08 Å². The monoisotopic (exact) mass is 707 g/mol. The molecule has 0 radical (unpaired) electrons. The normalized spacial score (nSPS) is 14.0. The number of esters is 1. The standard InChI is InChI=1S/C38H33N3O5S3/c1-46-38(45)34-30-18-17-26(24-10-4-2-5-11-24)20-32(30)49-37(34)41-33(42)23-48-28-15-8-14-27(21-28)39-36(44)31(22-29-16-9-19-47-29)40-35(43)25-12-6-3-7-13-25/h2-16,19,21-22,26H,17-18,20,23H2,1H3,(H,39,44)(H,40,43)(H,41,42)/b31-22-. The van der Waals surface area contributed by atoms with Gasteiger partial charge in [0.2, 0.25) is 5.91 Å². The Hall–Kier alpha value is -4.97. The van der Waals surface area contributed by atoms with Gasteiger partial charge < -0.3 is 20.7 Å². The molecule has 0 saturated heterocycles. The summed E-state index contributed by atoms with van der Waals surface area (Å²) in [6, 6.07) is 29.9. The van der Waals surface area contributed by atoms with Crippen molar-refractivity contribution in [1.29, 1.82) is 0 Å². The largest absolute Gasteiger partial charge is 0.465 e. The van der Waals surface area contributed by atoms with Gasteiger partial charge in [-0.25, -0.2) is 4.79 Å². The zero-order valence-corrected chi connectivity index (χ0v) is 29.0. The fourth-order valence-electron chi connectivity index (χ4n) is 5.63. The van der Waals surface area contributed by atoms with Crippen LogP contribution >= 0.6 is 34.4 Å². The molecular formula is C38H33N3O5S3. The van der Waals surface area contributed by atoms with Gasteiger partial charge in [-0.1, -0.05) is 60.7 Å². The van der Waals surface area contributed by atoms with Crippen LogP contribution in [0.3, 0.4) is 0 Å². The maximum absolute atomic E-state index is 13.4. The zero-order chi connectivity index (χ0) is 34.2. The molecule has 5 aromatic rings. The highest BCUT2D eigenvalue weighted by atomic mass is 32.2. The number of hydrogen-bond acceptors (Lipinski definition) is 8. The number of ether oxygens (including phenoxy) is 1. The number of thioether (sulfide) groups is 1. The van der Waals surface area contributed by atoms with Crippen LogP contribution in [0.4, 0.5) is 10.7 Å². The molecule has 1 atom stereocenters. The van der Waals surface area contributed by atoms with Crippen molar-refractivity contribution >= 4 is 74.9 Å². The third kappa shape index (κ3) is 8.55. The third-order valence-corrected chi connectivity index (χ3v) is 11.0. The summed E-state index contributed by atoms with van der Waals surface area (Å²) in [6.45, 7) is 0. The van der Waals surface area contributed by atoms with Crippen molar-refractivity contribution in [3.05, 3.63) is 140 Å². The van der Waals surface area contributed by atoms with Crippen LogP contribution in [0.2, 0.25) is 0 Å². The molecule has 8 nitrogen and oxygen atoms in total. The Labute approximate surface area is 296 Å². The fourth-order valence-corrected chi connectivity index (χ4v) is 8.38. The molecule has 0 aliphatic heterocycles. The van der Waals surface area contributed by atoms with Gasteiger partial charge in [-0.05, 0) is 84.2 Å². The maximum Gasteiger partial charge on any atom is 0.341 e. The SMILES string of the molecule is COC(=O)c1c(NC(=O)CSc2cccc(NC(=O)/C(=C/c3cccs3)NC(=O)c3ccccc3)c2)sc2c1CCC(c1ccccc1)C2. The summed E-state index contributed by atoms with van der Waals surface area (Å²) in [4.78, 5) is 55.0. The van der Waals surface area contributed by atoms with Crippen LogP contribution < -0.4 is 16.0 Å². The van der Waals surface area contributed by atoms with E-state index in [9.17, 15) is 19.2 Å². The molecule has 0 spiro atoms. The average molecular weight is 708 g/mol. The number of thiophene rings is 2. The number of benzene rings is 3. The molecule has 2 aromatic heterocycles. The van der Waals surface area contributed by atoms with Gasteiger partial charge in [0.05, 0.1) is 18.4 Å². The summed E-state index contributed by atoms with van der Waals surface area (Å²) in [5.74, 6) is -1.14. The van der Waals surface area contributed by atoms with E-state index in [1.807, 2.05) is 47.8 Å². The second kappa shape index (κ2) is 16.0. The van der Waals surface area contributed by atoms with E-state index in [-0.39, 0.29) is 17.4 Å². The number of fused-ring (bicyclic) bond motifs is 1. The highest BCUT2D eigenvalue weighted by Gasteiger charge is 2.30. The smallest absolute Gasteiger partial charge is 0.341 e. The molecule has 1 aliphatic carbocycles. The minimum Gasteiger partial charge on any atom is -0.465 e. The molecule has 0 fully saturated rings. The quantitative estimate of drug-likeness (QED) is 0.0729. The highest BCUT2D eigenvalue weighted by Crippen LogP contribution is 2.43. The highest BCUT2D eigenvalue weighted by molar-refractivity contribution is 8.00. The van der Waals surface area contributed by atoms with Crippen molar-refractivity contribution < 1.29 is 23.9 Å². The molecule has 3 N–H and O–H groups in total. The molecule has 1 unspecified atom stereocenters. The van der Waals surface area contributed by atoms with Crippen molar-refractivity contribution in [1.82, 2.24) is 5.32 Å². The predicted octanol–water partition coefficient (Wildman–Crippen LogP) is 8.01. The summed E-state index contributed by atoms with van der Waals surface area (Å²) in [5, 5.41) is 11.0.